The van der Waals surface area contributed by atoms with E-state index in [-0.39, 0.29) is 0 Å². The van der Waals surface area contributed by atoms with Gasteiger partial charge in [-0.1, -0.05) is 48.6 Å². The van der Waals surface area contributed by atoms with Crippen LogP contribution in [0.5, 0.6) is 0 Å². The van der Waals surface area contributed by atoms with Crippen molar-refractivity contribution in [2.45, 2.75) is 6.42 Å². The summed E-state index contributed by atoms with van der Waals surface area (Å²) in [6.07, 6.45) is 9.90. The molecule has 0 atom stereocenters. The van der Waals surface area contributed by atoms with E-state index in [1.807, 2.05) is 6.07 Å². The summed E-state index contributed by atoms with van der Waals surface area (Å²) < 4.78 is 3.44. The van der Waals surface area contributed by atoms with Gasteiger partial charge in [0.25, 0.3) is 0 Å². The molecule has 0 saturated carbocycles. The van der Waals surface area contributed by atoms with Crippen LogP contribution in [0, 0.1) is 0 Å². The van der Waals surface area contributed by atoms with E-state index in [1.165, 1.54) is 27.8 Å². The van der Waals surface area contributed by atoms with Gasteiger partial charge in [0.2, 0.25) is 0 Å². The smallest absolute Gasteiger partial charge is 0.0604 e. The summed E-state index contributed by atoms with van der Waals surface area (Å²) in [6, 6.07) is 17.0. The van der Waals surface area contributed by atoms with E-state index < -0.39 is 0 Å². The largest absolute Gasteiger partial charge is 0.308 e. The van der Waals surface area contributed by atoms with Crippen LogP contribution in [0.15, 0.2) is 65.2 Å². The summed E-state index contributed by atoms with van der Waals surface area (Å²) in [6.45, 7) is 0. The van der Waals surface area contributed by atoms with Crippen LogP contribution in [0.4, 0.5) is 0 Å². The van der Waals surface area contributed by atoms with E-state index >= 15 is 0 Å². The number of allylic oxidation sites excluding steroid dienone is 2. The average molecular weight is 336 g/mol. The first-order valence-corrected chi connectivity index (χ1v) is 7.87. The van der Waals surface area contributed by atoms with Crippen molar-refractivity contribution < 1.29 is 0 Å². The molecule has 2 heteroatoms. The van der Waals surface area contributed by atoms with Gasteiger partial charge in [-0.15, -0.1) is 0 Å². The number of nitrogens with zero attached hydrogens (tertiary/aromatic N) is 1. The molecular formula is C19H14BrN. The highest BCUT2D eigenvalue weighted by atomic mass is 79.9. The lowest BCUT2D eigenvalue weighted by Crippen LogP contribution is -1.97. The van der Waals surface area contributed by atoms with E-state index in [4.69, 9.17) is 0 Å². The van der Waals surface area contributed by atoms with Crippen LogP contribution in [-0.2, 0) is 0 Å². The molecule has 0 spiro atoms. The van der Waals surface area contributed by atoms with Crippen molar-refractivity contribution in [3.63, 3.8) is 0 Å². The topological polar surface area (TPSA) is 4.93 Å². The first-order chi connectivity index (χ1) is 10.4. The Morgan fingerprint density at radius 1 is 0.857 bits per heavy atom. The van der Waals surface area contributed by atoms with E-state index in [0.29, 0.717) is 0 Å². The summed E-state index contributed by atoms with van der Waals surface area (Å²) in [5, 5.41) is 1.30. The predicted octanol–water partition coefficient (Wildman–Crippen LogP) is 5.82. The van der Waals surface area contributed by atoms with Gasteiger partial charge in [0, 0.05) is 15.4 Å². The lowest BCUT2D eigenvalue weighted by molar-refractivity contribution is 1.10. The molecule has 0 radical (unpaired) electrons. The first kappa shape index (κ1) is 12.7. The highest BCUT2D eigenvalue weighted by Gasteiger charge is 2.16. The molecule has 0 bridgehead atoms. The monoisotopic (exact) mass is 335 g/mol. The summed E-state index contributed by atoms with van der Waals surface area (Å²) in [4.78, 5) is 0. The Kier molecular flexibility index (Phi) is 3.04. The number of aromatic nitrogens is 1. The van der Waals surface area contributed by atoms with Crippen molar-refractivity contribution >= 4 is 39.0 Å². The van der Waals surface area contributed by atoms with Crippen LogP contribution in [0.1, 0.15) is 17.7 Å². The molecular weight excluding hydrogens is 322 g/mol. The second kappa shape index (κ2) is 5.05. The van der Waals surface area contributed by atoms with Crippen molar-refractivity contribution in [2.24, 2.45) is 0 Å². The number of fused-ring (bicyclic) bond motifs is 3. The number of hydrogen-bond acceptors (Lipinski definition) is 0. The van der Waals surface area contributed by atoms with Gasteiger partial charge in [0.1, 0.15) is 0 Å². The summed E-state index contributed by atoms with van der Waals surface area (Å²) in [7, 11) is 0. The molecule has 0 saturated heterocycles. The van der Waals surface area contributed by atoms with Gasteiger partial charge >= 0.3 is 0 Å². The van der Waals surface area contributed by atoms with Crippen molar-refractivity contribution in [1.29, 1.82) is 0 Å². The van der Waals surface area contributed by atoms with Crippen LogP contribution < -0.4 is 0 Å². The summed E-state index contributed by atoms with van der Waals surface area (Å²) in [5.74, 6) is 0. The van der Waals surface area contributed by atoms with E-state index in [1.54, 1.807) is 0 Å². The molecule has 102 valence electrons. The van der Waals surface area contributed by atoms with Gasteiger partial charge in [0.15, 0.2) is 0 Å². The number of hydrogen-bond donors (Lipinski definition) is 0. The minimum Gasteiger partial charge on any atom is -0.308 e. The Balaban J connectivity index is 2.17. The third kappa shape index (κ3) is 1.98. The molecule has 0 N–H and O–H groups in total. The van der Waals surface area contributed by atoms with Gasteiger partial charge in [-0.25, -0.2) is 0 Å². The van der Waals surface area contributed by atoms with Gasteiger partial charge < -0.3 is 4.57 Å². The lowest BCUT2D eigenvalue weighted by atomic mass is 10.1. The van der Waals surface area contributed by atoms with Gasteiger partial charge in [-0.2, -0.15) is 0 Å². The second-order valence-corrected chi connectivity index (χ2v) is 6.00. The highest BCUT2D eigenvalue weighted by molar-refractivity contribution is 9.10. The van der Waals surface area contributed by atoms with Gasteiger partial charge in [-0.05, 0) is 46.6 Å². The zero-order valence-corrected chi connectivity index (χ0v) is 13.0. The van der Waals surface area contributed by atoms with Crippen LogP contribution >= 0.6 is 15.9 Å². The van der Waals surface area contributed by atoms with Crippen LogP contribution in [-0.4, -0.2) is 4.57 Å². The van der Waals surface area contributed by atoms with Crippen molar-refractivity contribution in [3.05, 3.63) is 76.4 Å². The Morgan fingerprint density at radius 2 is 1.62 bits per heavy atom. The lowest BCUT2D eigenvalue weighted by Gasteiger charge is -2.11. The third-order valence-corrected chi connectivity index (χ3v) is 4.55. The molecule has 1 aromatic heterocycles. The molecule has 4 rings (SSSR count). The standard InChI is InChI=1S/C19H14BrN/c20-16-10-5-7-13-19(16)21-17-11-3-1-2-8-14(17)15-9-4-6-12-18(15)21/h2-13H,1H2. The SMILES string of the molecule is Brc1ccccc1-n1c2c(c3ccccc31)C=CCC=C2. The van der Waals surface area contributed by atoms with Crippen LogP contribution in [0.3, 0.4) is 0 Å². The maximum absolute atomic E-state index is 3.69. The number of para-hydroxylation sites is 2. The third-order valence-electron chi connectivity index (χ3n) is 3.88. The quantitative estimate of drug-likeness (QED) is 0.527. The molecule has 0 unspecified atom stereocenters. The Labute approximate surface area is 132 Å². The summed E-state index contributed by atoms with van der Waals surface area (Å²) in [5.41, 5.74) is 4.97. The van der Waals surface area contributed by atoms with E-state index in [0.717, 1.165) is 10.9 Å². The number of halogens is 1. The Hall–Kier alpha value is -2.06. The van der Waals surface area contributed by atoms with Crippen molar-refractivity contribution in [1.82, 2.24) is 4.57 Å². The van der Waals surface area contributed by atoms with E-state index in [9.17, 15) is 0 Å². The second-order valence-electron chi connectivity index (χ2n) is 5.14. The fraction of sp³-hybridized carbons (Fsp3) is 0.0526. The normalized spacial score (nSPS) is 13.4. The Morgan fingerprint density at radius 3 is 2.52 bits per heavy atom. The van der Waals surface area contributed by atoms with Crippen molar-refractivity contribution in [2.75, 3.05) is 0 Å². The fourth-order valence-electron chi connectivity index (χ4n) is 2.96. The Bertz CT molecular complexity index is 884. The maximum atomic E-state index is 3.69. The molecule has 2 aromatic carbocycles. The zero-order chi connectivity index (χ0) is 14.2. The number of benzene rings is 2. The fourth-order valence-corrected chi connectivity index (χ4v) is 3.42. The molecule has 21 heavy (non-hydrogen) atoms. The molecule has 1 nitrogen and oxygen atoms in total. The molecule has 0 aliphatic heterocycles. The maximum Gasteiger partial charge on any atom is 0.0604 e. The minimum absolute atomic E-state index is 0.985. The van der Waals surface area contributed by atoms with Crippen LogP contribution in [0.25, 0.3) is 28.7 Å². The van der Waals surface area contributed by atoms with Crippen molar-refractivity contribution in [3.8, 4) is 5.69 Å². The molecule has 0 amide bonds. The summed E-state index contributed by atoms with van der Waals surface area (Å²) >= 11 is 3.69. The van der Waals surface area contributed by atoms with Gasteiger partial charge in [0.05, 0.1) is 16.9 Å². The average Bonchev–Trinajstić information content (AvgIpc) is 2.67. The predicted molar refractivity (Wildman–Crippen MR) is 93.7 cm³/mol. The number of rotatable bonds is 1. The molecule has 3 aromatic rings. The highest BCUT2D eigenvalue weighted by Crippen LogP contribution is 2.35. The first-order valence-electron chi connectivity index (χ1n) is 7.08. The minimum atomic E-state index is 0.985. The zero-order valence-electron chi connectivity index (χ0n) is 11.5. The van der Waals surface area contributed by atoms with E-state index in [2.05, 4.69) is 87.3 Å². The molecule has 1 aliphatic carbocycles. The molecule has 1 aliphatic rings. The van der Waals surface area contributed by atoms with Gasteiger partial charge in [-0.3, -0.25) is 0 Å². The molecule has 0 fully saturated rings. The van der Waals surface area contributed by atoms with Crippen LogP contribution in [0.2, 0.25) is 0 Å². The molecule has 1 heterocycles.